The van der Waals surface area contributed by atoms with E-state index in [2.05, 4.69) is 34.2 Å². The summed E-state index contributed by atoms with van der Waals surface area (Å²) in [4.78, 5) is 0. The van der Waals surface area contributed by atoms with Crippen molar-refractivity contribution in [2.24, 2.45) is 0 Å². The van der Waals surface area contributed by atoms with Gasteiger partial charge in [-0.2, -0.15) is 0 Å². The van der Waals surface area contributed by atoms with Gasteiger partial charge in [-0.15, -0.1) is 0 Å². The molecular weight excluding hydrogens is 306 g/mol. The summed E-state index contributed by atoms with van der Waals surface area (Å²) in [6.07, 6.45) is 4.80. The minimum absolute atomic E-state index is 0.642. The van der Waals surface area contributed by atoms with Crippen LogP contribution in [-0.2, 0) is 6.42 Å². The molecule has 1 aliphatic heterocycles. The van der Waals surface area contributed by atoms with Gasteiger partial charge in [0.15, 0.2) is 11.5 Å². The highest BCUT2D eigenvalue weighted by molar-refractivity contribution is 9.10. The topological polar surface area (TPSA) is 30.5 Å². The van der Waals surface area contributed by atoms with Crippen molar-refractivity contribution in [2.45, 2.75) is 32.6 Å². The molecule has 0 aliphatic carbocycles. The molecule has 0 aromatic heterocycles. The van der Waals surface area contributed by atoms with E-state index in [0.717, 1.165) is 35.5 Å². The molecule has 4 heteroatoms. The molecule has 3 nitrogen and oxygen atoms in total. The monoisotopic (exact) mass is 327 g/mol. The second-order valence-electron chi connectivity index (χ2n) is 4.75. The first-order chi connectivity index (χ1) is 9.31. The maximum absolute atomic E-state index is 5.62. The smallest absolute Gasteiger partial charge is 0.162 e. The van der Waals surface area contributed by atoms with Crippen molar-refractivity contribution < 1.29 is 9.47 Å². The van der Waals surface area contributed by atoms with Crippen LogP contribution in [0.3, 0.4) is 0 Å². The number of hydrogen-bond donors (Lipinski definition) is 1. The number of hydrogen-bond acceptors (Lipinski definition) is 3. The minimum atomic E-state index is 0.642. The van der Waals surface area contributed by atoms with Crippen molar-refractivity contribution in [3.05, 3.63) is 22.2 Å². The Morgan fingerprint density at radius 3 is 2.58 bits per heavy atom. The summed E-state index contributed by atoms with van der Waals surface area (Å²) in [5.41, 5.74) is 1.31. The second kappa shape index (κ2) is 7.75. The Morgan fingerprint density at radius 2 is 1.84 bits per heavy atom. The molecule has 0 radical (unpaired) electrons. The van der Waals surface area contributed by atoms with Crippen LogP contribution in [0.4, 0.5) is 0 Å². The zero-order valence-electron chi connectivity index (χ0n) is 11.5. The fourth-order valence-corrected chi connectivity index (χ4v) is 2.74. The van der Waals surface area contributed by atoms with Crippen LogP contribution in [0, 0.1) is 0 Å². The first kappa shape index (κ1) is 14.7. The Balaban J connectivity index is 1.83. The van der Waals surface area contributed by atoms with Crippen molar-refractivity contribution in [1.29, 1.82) is 0 Å². The lowest BCUT2D eigenvalue weighted by Crippen LogP contribution is -2.15. The van der Waals surface area contributed by atoms with Crippen molar-refractivity contribution in [3.8, 4) is 11.5 Å². The van der Waals surface area contributed by atoms with Crippen LogP contribution in [0.2, 0.25) is 0 Å². The Morgan fingerprint density at radius 1 is 1.11 bits per heavy atom. The molecule has 106 valence electrons. The molecule has 0 fully saturated rings. The molecule has 0 bridgehead atoms. The minimum Gasteiger partial charge on any atom is -0.486 e. The van der Waals surface area contributed by atoms with Gasteiger partial charge in [0.1, 0.15) is 13.2 Å². The van der Waals surface area contributed by atoms with Crippen LogP contribution in [0.1, 0.15) is 31.7 Å². The number of fused-ring (bicyclic) bond motifs is 1. The largest absolute Gasteiger partial charge is 0.486 e. The number of rotatable bonds is 7. The highest BCUT2D eigenvalue weighted by Gasteiger charge is 2.14. The second-order valence-corrected chi connectivity index (χ2v) is 5.61. The zero-order valence-corrected chi connectivity index (χ0v) is 13.1. The maximum Gasteiger partial charge on any atom is 0.162 e. The van der Waals surface area contributed by atoms with Gasteiger partial charge < -0.3 is 14.8 Å². The lowest BCUT2D eigenvalue weighted by molar-refractivity contribution is 0.171. The first-order valence-electron chi connectivity index (χ1n) is 7.10. The first-order valence-corrected chi connectivity index (χ1v) is 7.89. The standard InChI is InChI=1S/C15H22BrNO2/c1-2-17-7-5-3-4-6-12-10-14-15(11-13(12)16)19-9-8-18-14/h10-11,17H,2-9H2,1H3. The molecule has 19 heavy (non-hydrogen) atoms. The number of aryl methyl sites for hydroxylation is 1. The van der Waals surface area contributed by atoms with E-state index in [1.807, 2.05) is 6.07 Å². The maximum atomic E-state index is 5.62. The van der Waals surface area contributed by atoms with Gasteiger partial charge in [-0.1, -0.05) is 29.3 Å². The predicted octanol–water partition coefficient (Wildman–Crippen LogP) is 3.54. The SMILES string of the molecule is CCNCCCCCc1cc2c(cc1Br)OCCO2. The van der Waals surface area contributed by atoms with E-state index < -0.39 is 0 Å². The number of ether oxygens (including phenoxy) is 2. The van der Waals surface area contributed by atoms with Crippen LogP contribution in [-0.4, -0.2) is 26.3 Å². The lowest BCUT2D eigenvalue weighted by atomic mass is 10.1. The molecule has 1 N–H and O–H groups in total. The van der Waals surface area contributed by atoms with E-state index in [1.165, 1.54) is 24.8 Å². The average Bonchev–Trinajstić information content (AvgIpc) is 2.43. The third-order valence-electron chi connectivity index (χ3n) is 3.26. The fourth-order valence-electron chi connectivity index (χ4n) is 2.22. The van der Waals surface area contributed by atoms with Crippen LogP contribution in [0.15, 0.2) is 16.6 Å². The Kier molecular flexibility index (Phi) is 5.98. The van der Waals surface area contributed by atoms with Crippen LogP contribution in [0.25, 0.3) is 0 Å². The van der Waals surface area contributed by atoms with E-state index in [-0.39, 0.29) is 0 Å². The third-order valence-corrected chi connectivity index (χ3v) is 4.00. The Bertz CT molecular complexity index is 409. The molecule has 1 heterocycles. The Labute approximate surface area is 123 Å². The van der Waals surface area contributed by atoms with Crippen LogP contribution >= 0.6 is 15.9 Å². The number of halogens is 1. The number of unbranched alkanes of at least 4 members (excludes halogenated alkanes) is 2. The Hall–Kier alpha value is -0.740. The van der Waals surface area contributed by atoms with E-state index in [1.54, 1.807) is 0 Å². The van der Waals surface area contributed by atoms with Crippen molar-refractivity contribution in [2.75, 3.05) is 26.3 Å². The number of benzene rings is 1. The van der Waals surface area contributed by atoms with E-state index in [4.69, 9.17) is 9.47 Å². The van der Waals surface area contributed by atoms with E-state index in [9.17, 15) is 0 Å². The third kappa shape index (κ3) is 4.39. The van der Waals surface area contributed by atoms with Crippen molar-refractivity contribution in [1.82, 2.24) is 5.32 Å². The fraction of sp³-hybridized carbons (Fsp3) is 0.600. The van der Waals surface area contributed by atoms with Gasteiger partial charge >= 0.3 is 0 Å². The molecule has 1 aliphatic rings. The summed E-state index contributed by atoms with van der Waals surface area (Å²) in [6.45, 7) is 5.62. The van der Waals surface area contributed by atoms with Gasteiger partial charge in [0.25, 0.3) is 0 Å². The zero-order chi connectivity index (χ0) is 13.5. The molecular formula is C15H22BrNO2. The van der Waals surface area contributed by atoms with Gasteiger partial charge in [0, 0.05) is 4.47 Å². The quantitative estimate of drug-likeness (QED) is 0.777. The molecule has 1 aromatic carbocycles. The molecule has 0 saturated carbocycles. The van der Waals surface area contributed by atoms with Gasteiger partial charge in [0.2, 0.25) is 0 Å². The predicted molar refractivity (Wildman–Crippen MR) is 81.2 cm³/mol. The number of nitrogens with one attached hydrogen (secondary N) is 1. The molecule has 2 rings (SSSR count). The summed E-state index contributed by atoms with van der Waals surface area (Å²) in [7, 11) is 0. The van der Waals surface area contributed by atoms with Crippen molar-refractivity contribution in [3.63, 3.8) is 0 Å². The van der Waals surface area contributed by atoms with Gasteiger partial charge in [0.05, 0.1) is 0 Å². The average molecular weight is 328 g/mol. The van der Waals surface area contributed by atoms with Crippen molar-refractivity contribution >= 4 is 15.9 Å². The van der Waals surface area contributed by atoms with E-state index in [0.29, 0.717) is 13.2 Å². The summed E-state index contributed by atoms with van der Waals surface area (Å²) < 4.78 is 12.3. The molecule has 0 amide bonds. The molecule has 0 saturated heterocycles. The molecule has 0 spiro atoms. The van der Waals surface area contributed by atoms with Crippen LogP contribution in [0.5, 0.6) is 11.5 Å². The van der Waals surface area contributed by atoms with Gasteiger partial charge in [-0.25, -0.2) is 0 Å². The molecule has 0 atom stereocenters. The molecule has 1 aromatic rings. The molecule has 0 unspecified atom stereocenters. The van der Waals surface area contributed by atoms with Crippen LogP contribution < -0.4 is 14.8 Å². The normalized spacial score (nSPS) is 13.6. The lowest BCUT2D eigenvalue weighted by Gasteiger charge is -2.20. The summed E-state index contributed by atoms with van der Waals surface area (Å²) in [6, 6.07) is 4.14. The highest BCUT2D eigenvalue weighted by Crippen LogP contribution is 2.36. The van der Waals surface area contributed by atoms with Gasteiger partial charge in [-0.05, 0) is 50.0 Å². The van der Waals surface area contributed by atoms with E-state index >= 15 is 0 Å². The highest BCUT2D eigenvalue weighted by atomic mass is 79.9. The summed E-state index contributed by atoms with van der Waals surface area (Å²) in [5.74, 6) is 1.74. The van der Waals surface area contributed by atoms with Gasteiger partial charge in [-0.3, -0.25) is 0 Å². The summed E-state index contributed by atoms with van der Waals surface area (Å²) in [5, 5.41) is 3.35. The summed E-state index contributed by atoms with van der Waals surface area (Å²) >= 11 is 3.62.